The topological polar surface area (TPSA) is 29.1 Å². The maximum Gasteiger partial charge on any atom is 0.252 e. The van der Waals surface area contributed by atoms with E-state index in [-0.39, 0.29) is 11.4 Å². The summed E-state index contributed by atoms with van der Waals surface area (Å²) < 4.78 is 0. The number of hydrogen-bond donors (Lipinski definition) is 1. The molecule has 1 aliphatic carbocycles. The van der Waals surface area contributed by atoms with Gasteiger partial charge in [0.25, 0.3) is 5.91 Å². The van der Waals surface area contributed by atoms with Crippen LogP contribution in [0.5, 0.6) is 0 Å². The Morgan fingerprint density at radius 3 is 2.90 bits per heavy atom. The lowest BCUT2D eigenvalue weighted by Gasteiger charge is -2.46. The Morgan fingerprint density at radius 2 is 2.00 bits per heavy atom. The first-order valence-corrected chi connectivity index (χ1v) is 7.53. The van der Waals surface area contributed by atoms with Crippen molar-refractivity contribution in [3.05, 3.63) is 47.5 Å². The van der Waals surface area contributed by atoms with Crippen molar-refractivity contribution >= 4 is 16.7 Å². The molecule has 1 heterocycles. The molecule has 0 aromatic heterocycles. The van der Waals surface area contributed by atoms with E-state index in [2.05, 4.69) is 42.6 Å². The summed E-state index contributed by atoms with van der Waals surface area (Å²) in [7, 11) is 0. The van der Waals surface area contributed by atoms with Crippen molar-refractivity contribution in [1.82, 2.24) is 5.32 Å². The molecule has 1 saturated carbocycles. The van der Waals surface area contributed by atoms with Crippen molar-refractivity contribution in [2.24, 2.45) is 0 Å². The molecule has 2 atom stereocenters. The largest absolute Gasteiger partial charge is 0.346 e. The van der Waals surface area contributed by atoms with Crippen LogP contribution in [0.25, 0.3) is 10.8 Å². The van der Waals surface area contributed by atoms with Gasteiger partial charge in [0, 0.05) is 17.0 Å². The summed E-state index contributed by atoms with van der Waals surface area (Å²) >= 11 is 0. The Morgan fingerprint density at radius 1 is 1.15 bits per heavy atom. The number of fused-ring (bicyclic) bond motifs is 5. The second kappa shape index (κ2) is 4.08. The highest BCUT2D eigenvalue weighted by Gasteiger charge is 2.44. The lowest BCUT2D eigenvalue weighted by Crippen LogP contribution is -2.55. The Bertz CT molecular complexity index is 706. The zero-order valence-corrected chi connectivity index (χ0v) is 11.8. The van der Waals surface area contributed by atoms with E-state index in [0.29, 0.717) is 5.92 Å². The third-order valence-corrected chi connectivity index (χ3v) is 5.17. The van der Waals surface area contributed by atoms with Gasteiger partial charge in [0.15, 0.2) is 0 Å². The van der Waals surface area contributed by atoms with Gasteiger partial charge in [-0.05, 0) is 42.2 Å². The van der Waals surface area contributed by atoms with Gasteiger partial charge in [0.1, 0.15) is 0 Å². The van der Waals surface area contributed by atoms with E-state index in [1.165, 1.54) is 35.6 Å². The third-order valence-electron chi connectivity index (χ3n) is 5.17. The fourth-order valence-electron chi connectivity index (χ4n) is 4.14. The molecule has 1 fully saturated rings. The molecule has 0 spiro atoms. The molecule has 2 aliphatic rings. The lowest BCUT2D eigenvalue weighted by molar-refractivity contribution is 0.0830. The summed E-state index contributed by atoms with van der Waals surface area (Å²) in [5.74, 6) is 0.557. The van der Waals surface area contributed by atoms with E-state index in [4.69, 9.17) is 0 Å². The third kappa shape index (κ3) is 1.54. The number of benzene rings is 2. The molecule has 102 valence electrons. The van der Waals surface area contributed by atoms with Gasteiger partial charge in [-0.2, -0.15) is 0 Å². The van der Waals surface area contributed by atoms with Gasteiger partial charge in [-0.15, -0.1) is 0 Å². The smallest absolute Gasteiger partial charge is 0.252 e. The summed E-state index contributed by atoms with van der Waals surface area (Å²) in [6.07, 6.45) is 4.75. The molecule has 4 rings (SSSR count). The Hall–Kier alpha value is -1.83. The quantitative estimate of drug-likeness (QED) is 0.766. The van der Waals surface area contributed by atoms with E-state index in [1.54, 1.807) is 0 Å². The minimum absolute atomic E-state index is 0.0630. The predicted octanol–water partition coefficient (Wildman–Crippen LogP) is 4.00. The molecule has 2 heteroatoms. The highest BCUT2D eigenvalue weighted by molar-refractivity contribution is 6.03. The molecule has 2 nitrogen and oxygen atoms in total. The van der Waals surface area contributed by atoms with Crippen molar-refractivity contribution in [3.8, 4) is 0 Å². The normalized spacial score (nSPS) is 28.6. The van der Waals surface area contributed by atoms with Crippen LogP contribution in [0.15, 0.2) is 36.4 Å². The fourth-order valence-corrected chi connectivity index (χ4v) is 4.14. The van der Waals surface area contributed by atoms with Crippen LogP contribution >= 0.6 is 0 Å². The van der Waals surface area contributed by atoms with Crippen LogP contribution in [0.1, 0.15) is 54.4 Å². The minimum atomic E-state index is -0.0630. The first-order valence-electron chi connectivity index (χ1n) is 7.53. The number of nitrogens with one attached hydrogen (secondary N) is 1. The maximum absolute atomic E-state index is 12.5. The van der Waals surface area contributed by atoms with Gasteiger partial charge in [-0.25, -0.2) is 0 Å². The Kier molecular flexibility index (Phi) is 2.44. The monoisotopic (exact) mass is 265 g/mol. The standard InChI is InChI=1S/C18H19NO/c1-18-11-5-4-8-15(18)16-13-7-3-2-6-12(13)9-10-14(16)17(20)19-18/h2-3,6-7,9-10,15H,4-5,8,11H2,1H3,(H,19,20)/t15-,18+/m0/s1. The van der Waals surface area contributed by atoms with Gasteiger partial charge in [-0.1, -0.05) is 43.2 Å². The van der Waals surface area contributed by atoms with Crippen LogP contribution in [0, 0.1) is 0 Å². The second-order valence-electron chi connectivity index (χ2n) is 6.42. The van der Waals surface area contributed by atoms with E-state index < -0.39 is 0 Å². The SMILES string of the molecule is C[C@@]12CCCC[C@H]1c1c(ccc3ccccc13)C(=O)N2. The van der Waals surface area contributed by atoms with Crippen LogP contribution in [-0.4, -0.2) is 11.4 Å². The Labute approximate surface area is 119 Å². The van der Waals surface area contributed by atoms with E-state index in [0.717, 1.165) is 12.0 Å². The number of carbonyl (C=O) groups is 1. The van der Waals surface area contributed by atoms with Crippen molar-refractivity contribution in [2.75, 3.05) is 0 Å². The van der Waals surface area contributed by atoms with Crippen molar-refractivity contribution < 1.29 is 4.79 Å². The van der Waals surface area contributed by atoms with Crippen molar-refractivity contribution in [1.29, 1.82) is 0 Å². The van der Waals surface area contributed by atoms with Gasteiger partial charge in [0.05, 0.1) is 0 Å². The average Bonchev–Trinajstić information content (AvgIpc) is 2.46. The average molecular weight is 265 g/mol. The number of amides is 1. The maximum atomic E-state index is 12.5. The van der Waals surface area contributed by atoms with Crippen molar-refractivity contribution in [3.63, 3.8) is 0 Å². The zero-order valence-electron chi connectivity index (χ0n) is 11.8. The number of carbonyl (C=O) groups excluding carboxylic acids is 1. The van der Waals surface area contributed by atoms with Crippen LogP contribution in [0.4, 0.5) is 0 Å². The van der Waals surface area contributed by atoms with Crippen LogP contribution in [0.2, 0.25) is 0 Å². The summed E-state index contributed by atoms with van der Waals surface area (Å²) in [5, 5.41) is 5.78. The van der Waals surface area contributed by atoms with Crippen LogP contribution < -0.4 is 5.32 Å². The van der Waals surface area contributed by atoms with E-state index >= 15 is 0 Å². The zero-order chi connectivity index (χ0) is 13.7. The molecular formula is C18H19NO. The molecule has 0 saturated heterocycles. The van der Waals surface area contributed by atoms with Gasteiger partial charge < -0.3 is 5.32 Å². The molecule has 1 N–H and O–H groups in total. The predicted molar refractivity (Wildman–Crippen MR) is 81.0 cm³/mol. The fraction of sp³-hybridized carbons (Fsp3) is 0.389. The summed E-state index contributed by atoms with van der Waals surface area (Å²) in [6, 6.07) is 12.5. The molecule has 0 bridgehead atoms. The molecular weight excluding hydrogens is 246 g/mol. The molecule has 0 radical (unpaired) electrons. The summed E-state index contributed by atoms with van der Waals surface area (Å²) in [6.45, 7) is 2.22. The second-order valence-corrected chi connectivity index (χ2v) is 6.42. The highest BCUT2D eigenvalue weighted by Crippen LogP contribution is 2.46. The number of hydrogen-bond acceptors (Lipinski definition) is 1. The Balaban J connectivity index is 2.03. The van der Waals surface area contributed by atoms with Gasteiger partial charge >= 0.3 is 0 Å². The number of rotatable bonds is 0. The first kappa shape index (κ1) is 12.0. The first-order chi connectivity index (χ1) is 9.69. The molecule has 20 heavy (non-hydrogen) atoms. The molecule has 1 aliphatic heterocycles. The summed E-state index contributed by atoms with van der Waals surface area (Å²) in [5.41, 5.74) is 2.11. The van der Waals surface area contributed by atoms with Crippen LogP contribution in [0.3, 0.4) is 0 Å². The van der Waals surface area contributed by atoms with Gasteiger partial charge in [-0.3, -0.25) is 4.79 Å². The van der Waals surface area contributed by atoms with E-state index in [9.17, 15) is 4.79 Å². The molecule has 0 unspecified atom stereocenters. The molecule has 1 amide bonds. The summed E-state index contributed by atoms with van der Waals surface area (Å²) in [4.78, 5) is 12.5. The molecule has 2 aromatic carbocycles. The highest BCUT2D eigenvalue weighted by atomic mass is 16.1. The lowest BCUT2D eigenvalue weighted by atomic mass is 9.66. The molecule has 2 aromatic rings. The van der Waals surface area contributed by atoms with E-state index in [1.807, 2.05) is 6.07 Å². The minimum Gasteiger partial charge on any atom is -0.346 e. The van der Waals surface area contributed by atoms with Crippen LogP contribution in [-0.2, 0) is 0 Å². The van der Waals surface area contributed by atoms with Crippen molar-refractivity contribution in [2.45, 2.75) is 44.1 Å². The van der Waals surface area contributed by atoms with Gasteiger partial charge in [0.2, 0.25) is 0 Å².